The number of fused-ring (bicyclic) bond motifs is 1. The van der Waals surface area contributed by atoms with Gasteiger partial charge in [-0.2, -0.15) is 0 Å². The molecule has 94 valence electrons. The van der Waals surface area contributed by atoms with Crippen LogP contribution in [0, 0.1) is 5.41 Å². The predicted octanol–water partition coefficient (Wildman–Crippen LogP) is 3.14. The zero-order valence-corrected chi connectivity index (χ0v) is 11.9. The van der Waals surface area contributed by atoms with Crippen LogP contribution in [0.4, 0.5) is 5.13 Å². The van der Waals surface area contributed by atoms with E-state index in [4.69, 9.17) is 0 Å². The van der Waals surface area contributed by atoms with Crippen molar-refractivity contribution in [1.82, 2.24) is 4.98 Å². The second-order valence-electron chi connectivity index (χ2n) is 5.97. The molecule has 0 saturated carbocycles. The molecule has 1 aliphatic carbocycles. The van der Waals surface area contributed by atoms with Crippen molar-refractivity contribution in [2.24, 2.45) is 5.41 Å². The Morgan fingerprint density at radius 1 is 1.35 bits per heavy atom. The first-order valence-corrected chi connectivity index (χ1v) is 6.92. The summed E-state index contributed by atoms with van der Waals surface area (Å²) in [5.41, 5.74) is 1.26. The molecule has 0 unspecified atom stereocenters. The summed E-state index contributed by atoms with van der Waals surface area (Å²) in [5, 5.41) is 0.986. The Hall–Kier alpha value is -0.900. The number of hydrogen-bond acceptors (Lipinski definition) is 4. The number of nitrogens with zero attached hydrogens (tertiary/aromatic N) is 2. The minimum atomic E-state index is 0.241. The number of Topliss-reactive ketones (excluding diaryl/α,β-unsaturated/α-hetero) is 1. The van der Waals surface area contributed by atoms with E-state index >= 15 is 0 Å². The lowest BCUT2D eigenvalue weighted by Gasteiger charge is -2.26. The SMILES string of the molecule is CN(CC(C)(C)C)c1nc2c(s1)C(=O)CCC2. The number of hydrogen-bond donors (Lipinski definition) is 0. The summed E-state index contributed by atoms with van der Waals surface area (Å²) >= 11 is 1.56. The first-order chi connectivity index (χ1) is 7.87. The fraction of sp³-hybridized carbons (Fsp3) is 0.692. The van der Waals surface area contributed by atoms with Crippen molar-refractivity contribution in [3.8, 4) is 0 Å². The molecule has 0 aliphatic heterocycles. The molecule has 0 spiro atoms. The molecule has 0 fully saturated rings. The summed E-state index contributed by atoms with van der Waals surface area (Å²) < 4.78 is 0. The monoisotopic (exact) mass is 252 g/mol. The van der Waals surface area contributed by atoms with E-state index in [9.17, 15) is 4.79 Å². The largest absolute Gasteiger partial charge is 0.351 e. The van der Waals surface area contributed by atoms with Gasteiger partial charge in [0.25, 0.3) is 0 Å². The number of ketones is 1. The Bertz CT molecular complexity index is 431. The molecular formula is C13H20N2OS. The van der Waals surface area contributed by atoms with Crippen molar-refractivity contribution in [3.05, 3.63) is 10.6 Å². The Kier molecular flexibility index (Phi) is 3.25. The third-order valence-electron chi connectivity index (χ3n) is 2.79. The van der Waals surface area contributed by atoms with E-state index in [1.807, 2.05) is 0 Å². The van der Waals surface area contributed by atoms with Gasteiger partial charge < -0.3 is 4.90 Å². The fourth-order valence-corrected chi connectivity index (χ4v) is 3.24. The van der Waals surface area contributed by atoms with Gasteiger partial charge in [0.05, 0.1) is 10.6 Å². The first kappa shape index (κ1) is 12.6. The van der Waals surface area contributed by atoms with Crippen LogP contribution in [0.3, 0.4) is 0 Å². The number of carbonyl (C=O) groups excluding carboxylic acids is 1. The van der Waals surface area contributed by atoms with E-state index in [1.165, 1.54) is 0 Å². The number of aryl methyl sites for hydroxylation is 1. The first-order valence-electron chi connectivity index (χ1n) is 6.11. The zero-order valence-electron chi connectivity index (χ0n) is 11.0. The Morgan fingerprint density at radius 3 is 2.65 bits per heavy atom. The second-order valence-corrected chi connectivity index (χ2v) is 6.94. The topological polar surface area (TPSA) is 33.2 Å². The molecular weight excluding hydrogens is 232 g/mol. The van der Waals surface area contributed by atoms with E-state index in [0.717, 1.165) is 35.1 Å². The van der Waals surface area contributed by atoms with Gasteiger partial charge in [-0.3, -0.25) is 4.79 Å². The number of thiazole rings is 1. The van der Waals surface area contributed by atoms with Crippen molar-refractivity contribution in [2.75, 3.05) is 18.5 Å². The maximum Gasteiger partial charge on any atom is 0.185 e. The van der Waals surface area contributed by atoms with Gasteiger partial charge >= 0.3 is 0 Å². The van der Waals surface area contributed by atoms with Crippen LogP contribution in [-0.2, 0) is 6.42 Å². The summed E-state index contributed by atoms with van der Waals surface area (Å²) in [6, 6.07) is 0. The minimum absolute atomic E-state index is 0.241. The molecule has 0 N–H and O–H groups in total. The molecule has 0 amide bonds. The fourth-order valence-electron chi connectivity index (χ4n) is 2.20. The second kappa shape index (κ2) is 4.41. The molecule has 0 radical (unpaired) electrons. The summed E-state index contributed by atoms with van der Waals surface area (Å²) in [7, 11) is 2.06. The van der Waals surface area contributed by atoms with Crippen LogP contribution in [0.25, 0.3) is 0 Å². The molecule has 0 bridgehead atoms. The van der Waals surface area contributed by atoms with Crippen LogP contribution < -0.4 is 4.90 Å². The average Bonchev–Trinajstić information content (AvgIpc) is 2.60. The van der Waals surface area contributed by atoms with Crippen molar-refractivity contribution in [2.45, 2.75) is 40.0 Å². The number of carbonyl (C=O) groups is 1. The zero-order chi connectivity index (χ0) is 12.6. The number of anilines is 1. The molecule has 17 heavy (non-hydrogen) atoms. The average molecular weight is 252 g/mol. The van der Waals surface area contributed by atoms with Crippen LogP contribution in [0.5, 0.6) is 0 Å². The van der Waals surface area contributed by atoms with Gasteiger partial charge in [0.2, 0.25) is 0 Å². The normalized spacial score (nSPS) is 15.9. The maximum atomic E-state index is 11.8. The summed E-state index contributed by atoms with van der Waals surface area (Å²) in [6.07, 6.45) is 2.61. The Labute approximate surface area is 107 Å². The molecule has 0 atom stereocenters. The lowest BCUT2D eigenvalue weighted by molar-refractivity contribution is 0.0976. The van der Waals surface area contributed by atoms with E-state index < -0.39 is 0 Å². The highest BCUT2D eigenvalue weighted by Crippen LogP contribution is 2.32. The molecule has 0 aromatic carbocycles. The molecule has 3 nitrogen and oxygen atoms in total. The highest BCUT2D eigenvalue weighted by molar-refractivity contribution is 7.17. The van der Waals surface area contributed by atoms with Gasteiger partial charge in [0, 0.05) is 20.0 Å². The molecule has 4 heteroatoms. The van der Waals surface area contributed by atoms with Crippen LogP contribution in [-0.4, -0.2) is 24.4 Å². The van der Waals surface area contributed by atoms with Gasteiger partial charge in [0.1, 0.15) is 0 Å². The maximum absolute atomic E-state index is 11.8. The predicted molar refractivity (Wildman–Crippen MR) is 72.1 cm³/mol. The van der Waals surface area contributed by atoms with Gasteiger partial charge in [-0.05, 0) is 18.3 Å². The number of aromatic nitrogens is 1. The van der Waals surface area contributed by atoms with Crippen molar-refractivity contribution in [1.29, 1.82) is 0 Å². The van der Waals surface area contributed by atoms with Crippen molar-refractivity contribution in [3.63, 3.8) is 0 Å². The third kappa shape index (κ3) is 2.86. The van der Waals surface area contributed by atoms with Crippen LogP contribution in [0.2, 0.25) is 0 Å². The van der Waals surface area contributed by atoms with Crippen LogP contribution in [0.1, 0.15) is 49.0 Å². The highest BCUT2D eigenvalue weighted by atomic mass is 32.1. The van der Waals surface area contributed by atoms with Crippen molar-refractivity contribution < 1.29 is 4.79 Å². The van der Waals surface area contributed by atoms with Gasteiger partial charge in [-0.15, -0.1) is 0 Å². The van der Waals surface area contributed by atoms with Crippen LogP contribution >= 0.6 is 11.3 Å². The molecule has 1 heterocycles. The van der Waals surface area contributed by atoms with E-state index in [-0.39, 0.29) is 11.2 Å². The van der Waals surface area contributed by atoms with Crippen LogP contribution in [0.15, 0.2) is 0 Å². The molecule has 1 aromatic heterocycles. The van der Waals surface area contributed by atoms with Crippen molar-refractivity contribution >= 4 is 22.3 Å². The van der Waals surface area contributed by atoms with Gasteiger partial charge in [-0.1, -0.05) is 32.1 Å². The third-order valence-corrected chi connectivity index (χ3v) is 4.05. The lowest BCUT2D eigenvalue weighted by atomic mass is 9.96. The van der Waals surface area contributed by atoms with E-state index in [1.54, 1.807) is 11.3 Å². The molecule has 2 rings (SSSR count). The summed E-state index contributed by atoms with van der Waals surface area (Å²) in [5.74, 6) is 0.277. The standard InChI is InChI=1S/C13H20N2OS/c1-13(2,3)8-15(4)12-14-9-6-5-7-10(16)11(9)17-12/h5-8H2,1-4H3. The quantitative estimate of drug-likeness (QED) is 0.810. The van der Waals surface area contributed by atoms with E-state index in [0.29, 0.717) is 6.42 Å². The Balaban J connectivity index is 2.20. The van der Waals surface area contributed by atoms with E-state index in [2.05, 4.69) is 37.7 Å². The molecule has 1 aromatic rings. The minimum Gasteiger partial charge on any atom is -0.351 e. The summed E-state index contributed by atoms with van der Waals surface area (Å²) in [6.45, 7) is 7.58. The van der Waals surface area contributed by atoms with Gasteiger partial charge in [-0.25, -0.2) is 4.98 Å². The number of rotatable bonds is 2. The van der Waals surface area contributed by atoms with Gasteiger partial charge in [0.15, 0.2) is 10.9 Å². The molecule has 0 saturated heterocycles. The molecule has 1 aliphatic rings. The summed E-state index contributed by atoms with van der Waals surface area (Å²) in [4.78, 5) is 19.4. The highest BCUT2D eigenvalue weighted by Gasteiger charge is 2.24. The Morgan fingerprint density at radius 2 is 2.06 bits per heavy atom. The smallest absolute Gasteiger partial charge is 0.185 e. The lowest BCUT2D eigenvalue weighted by Crippen LogP contribution is -2.28.